The maximum Gasteiger partial charge on any atom is 0.251 e. The van der Waals surface area contributed by atoms with Crippen LogP contribution in [0.4, 0.5) is 0 Å². The highest BCUT2D eigenvalue weighted by Crippen LogP contribution is 2.09. The summed E-state index contributed by atoms with van der Waals surface area (Å²) >= 11 is 0. The fraction of sp³-hybridized carbons (Fsp3) is 0.900. The Hall–Kier alpha value is -0.770. The minimum atomic E-state index is -1.99. The third kappa shape index (κ3) is 4.84. The highest BCUT2D eigenvalue weighted by atomic mass is 16.4. The van der Waals surface area contributed by atoms with E-state index in [1.54, 1.807) is 13.8 Å². The van der Waals surface area contributed by atoms with E-state index in [-0.39, 0.29) is 6.04 Å². The highest BCUT2D eigenvalue weighted by Gasteiger charge is 2.37. The van der Waals surface area contributed by atoms with Gasteiger partial charge in [0, 0.05) is 6.04 Å². The first-order valence-corrected chi connectivity index (χ1v) is 5.53. The van der Waals surface area contributed by atoms with E-state index in [9.17, 15) is 25.2 Å². The molecule has 0 bridgehead atoms. The molecule has 0 aliphatic rings. The van der Waals surface area contributed by atoms with E-state index in [1.807, 2.05) is 0 Å². The molecule has 0 heterocycles. The lowest BCUT2D eigenvalue weighted by Gasteiger charge is -2.28. The summed E-state index contributed by atoms with van der Waals surface area (Å²) in [6.07, 6.45) is -9.48. The van der Waals surface area contributed by atoms with Gasteiger partial charge in [-0.1, -0.05) is 0 Å². The molecule has 108 valence electrons. The molecule has 8 nitrogen and oxygen atoms in total. The van der Waals surface area contributed by atoms with Gasteiger partial charge < -0.3 is 36.0 Å². The van der Waals surface area contributed by atoms with Crippen LogP contribution in [0.3, 0.4) is 0 Å². The third-order valence-electron chi connectivity index (χ3n) is 2.30. The van der Waals surface area contributed by atoms with Crippen molar-refractivity contribution in [2.75, 3.05) is 6.61 Å². The van der Waals surface area contributed by atoms with E-state index in [4.69, 9.17) is 10.2 Å². The molecule has 0 aromatic carbocycles. The van der Waals surface area contributed by atoms with Crippen LogP contribution in [0.2, 0.25) is 0 Å². The van der Waals surface area contributed by atoms with Crippen molar-refractivity contribution in [3.05, 3.63) is 0 Å². The summed E-state index contributed by atoms with van der Waals surface area (Å²) < 4.78 is 0. The van der Waals surface area contributed by atoms with Crippen molar-refractivity contribution in [2.45, 2.75) is 50.4 Å². The molecular weight excluding hydrogens is 246 g/mol. The number of carbonyl (C=O) groups excluding carboxylic acids is 1. The Bertz CT molecular complexity index is 261. The predicted octanol–water partition coefficient (Wildman–Crippen LogP) is -3.69. The van der Waals surface area contributed by atoms with Crippen LogP contribution in [0.25, 0.3) is 0 Å². The molecule has 0 aliphatic carbocycles. The molecule has 0 aromatic heterocycles. The van der Waals surface area contributed by atoms with Gasteiger partial charge in [0.2, 0.25) is 0 Å². The second kappa shape index (κ2) is 7.62. The topological polar surface area (TPSA) is 150 Å². The molecule has 0 unspecified atom stereocenters. The maximum absolute atomic E-state index is 11.3. The molecule has 0 saturated heterocycles. The van der Waals surface area contributed by atoms with Crippen molar-refractivity contribution in [1.82, 2.24) is 5.32 Å². The van der Waals surface area contributed by atoms with E-state index in [2.05, 4.69) is 5.32 Å². The number of aliphatic hydroxyl groups is 6. The van der Waals surface area contributed by atoms with Gasteiger partial charge in [0.05, 0.1) is 6.61 Å². The Labute approximate surface area is 105 Å². The van der Waals surface area contributed by atoms with Crippen LogP contribution in [-0.2, 0) is 4.79 Å². The van der Waals surface area contributed by atoms with Gasteiger partial charge in [0.1, 0.15) is 24.4 Å². The van der Waals surface area contributed by atoms with Crippen molar-refractivity contribution >= 4 is 5.91 Å². The third-order valence-corrected chi connectivity index (χ3v) is 2.30. The van der Waals surface area contributed by atoms with Crippen LogP contribution in [0.5, 0.6) is 0 Å². The summed E-state index contributed by atoms with van der Waals surface area (Å²) in [7, 11) is 0. The largest absolute Gasteiger partial charge is 0.394 e. The fourth-order valence-electron chi connectivity index (χ4n) is 1.25. The summed E-state index contributed by atoms with van der Waals surface area (Å²) in [5.74, 6) is -0.915. The zero-order chi connectivity index (χ0) is 14.5. The van der Waals surface area contributed by atoms with Crippen molar-refractivity contribution in [3.8, 4) is 0 Å². The molecule has 18 heavy (non-hydrogen) atoms. The highest BCUT2D eigenvalue weighted by molar-refractivity contribution is 5.81. The average molecular weight is 267 g/mol. The van der Waals surface area contributed by atoms with E-state index in [1.165, 1.54) is 0 Å². The normalized spacial score (nSPS) is 20.1. The number of hydrogen-bond donors (Lipinski definition) is 7. The molecule has 0 spiro atoms. The smallest absolute Gasteiger partial charge is 0.251 e. The molecule has 0 rings (SSSR count). The van der Waals surface area contributed by atoms with Gasteiger partial charge in [-0.2, -0.15) is 0 Å². The SMILES string of the molecule is CC(C)NC(=O)[C@H](O)[C@H](O)[C@@H](O)[C@H](O)[C@H](O)CO. The van der Waals surface area contributed by atoms with Crippen LogP contribution < -0.4 is 5.32 Å². The Balaban J connectivity index is 4.53. The first kappa shape index (κ1) is 17.2. The van der Waals surface area contributed by atoms with Gasteiger partial charge in [0.15, 0.2) is 6.10 Å². The molecule has 7 N–H and O–H groups in total. The summed E-state index contributed by atoms with van der Waals surface area (Å²) in [6, 6.07) is -0.274. The Morgan fingerprint density at radius 1 is 1.00 bits per heavy atom. The number of aliphatic hydroxyl groups excluding tert-OH is 6. The zero-order valence-corrected chi connectivity index (χ0v) is 10.3. The van der Waals surface area contributed by atoms with Crippen molar-refractivity contribution < 1.29 is 35.4 Å². The van der Waals surface area contributed by atoms with Gasteiger partial charge in [-0.25, -0.2) is 0 Å². The zero-order valence-electron chi connectivity index (χ0n) is 10.3. The van der Waals surface area contributed by atoms with Crippen LogP contribution >= 0.6 is 0 Å². The van der Waals surface area contributed by atoms with Crippen molar-refractivity contribution in [2.24, 2.45) is 0 Å². The number of nitrogens with one attached hydrogen (secondary N) is 1. The number of carbonyl (C=O) groups is 1. The summed E-state index contributed by atoms with van der Waals surface area (Å²) in [5.41, 5.74) is 0. The first-order valence-electron chi connectivity index (χ1n) is 5.53. The van der Waals surface area contributed by atoms with Gasteiger partial charge in [0.25, 0.3) is 5.91 Å². The monoisotopic (exact) mass is 267 g/mol. The minimum absolute atomic E-state index is 0.274. The standard InChI is InChI=1S/C10H21NO7/c1-4(2)11-10(18)9(17)8(16)7(15)6(14)5(13)3-12/h4-9,12-17H,3H2,1-2H3,(H,11,18)/t5-,6-,7+,8-,9-/m1/s1. The quantitative estimate of drug-likeness (QED) is 0.251. The second-order valence-corrected chi connectivity index (χ2v) is 4.33. The molecule has 8 heteroatoms. The Kier molecular flexibility index (Phi) is 7.29. The summed E-state index contributed by atoms with van der Waals surface area (Å²) in [4.78, 5) is 11.3. The maximum atomic E-state index is 11.3. The molecule has 1 amide bonds. The van der Waals surface area contributed by atoms with Gasteiger partial charge >= 0.3 is 0 Å². The molecule has 0 aromatic rings. The lowest BCUT2D eigenvalue weighted by atomic mass is 9.99. The van der Waals surface area contributed by atoms with E-state index < -0.39 is 43.0 Å². The minimum Gasteiger partial charge on any atom is -0.394 e. The van der Waals surface area contributed by atoms with E-state index >= 15 is 0 Å². The molecular formula is C10H21NO7. The van der Waals surface area contributed by atoms with Crippen molar-refractivity contribution in [1.29, 1.82) is 0 Å². The average Bonchev–Trinajstić information content (AvgIpc) is 2.33. The van der Waals surface area contributed by atoms with Crippen LogP contribution in [0.1, 0.15) is 13.8 Å². The second-order valence-electron chi connectivity index (χ2n) is 4.33. The number of rotatable bonds is 7. The number of amides is 1. The number of hydrogen-bond acceptors (Lipinski definition) is 7. The van der Waals surface area contributed by atoms with Gasteiger partial charge in [-0.15, -0.1) is 0 Å². The predicted molar refractivity (Wildman–Crippen MR) is 60.4 cm³/mol. The molecule has 0 radical (unpaired) electrons. The lowest BCUT2D eigenvalue weighted by molar-refractivity contribution is -0.157. The fourth-order valence-corrected chi connectivity index (χ4v) is 1.25. The Morgan fingerprint density at radius 2 is 1.50 bits per heavy atom. The van der Waals surface area contributed by atoms with E-state index in [0.717, 1.165) is 0 Å². The van der Waals surface area contributed by atoms with Crippen molar-refractivity contribution in [3.63, 3.8) is 0 Å². The van der Waals surface area contributed by atoms with Crippen LogP contribution in [0.15, 0.2) is 0 Å². The molecule has 0 fully saturated rings. The molecule has 0 saturated carbocycles. The summed E-state index contributed by atoms with van der Waals surface area (Å²) in [5, 5.41) is 57.6. The van der Waals surface area contributed by atoms with Crippen LogP contribution in [-0.4, -0.2) is 79.7 Å². The summed E-state index contributed by atoms with van der Waals surface area (Å²) in [6.45, 7) is 2.44. The Morgan fingerprint density at radius 3 is 1.89 bits per heavy atom. The molecule has 5 atom stereocenters. The van der Waals surface area contributed by atoms with Gasteiger partial charge in [-0.3, -0.25) is 4.79 Å². The van der Waals surface area contributed by atoms with Gasteiger partial charge in [-0.05, 0) is 13.8 Å². The molecule has 0 aliphatic heterocycles. The lowest BCUT2D eigenvalue weighted by Crippen LogP contribution is -2.54. The van der Waals surface area contributed by atoms with Crippen LogP contribution in [0, 0.1) is 0 Å². The first-order chi connectivity index (χ1) is 8.22. The van der Waals surface area contributed by atoms with E-state index in [0.29, 0.717) is 0 Å².